The molecule has 1 aliphatic rings. The molecule has 1 aliphatic heterocycles. The zero-order chi connectivity index (χ0) is 19.8. The van der Waals surface area contributed by atoms with E-state index < -0.39 is 44.6 Å². The van der Waals surface area contributed by atoms with Gasteiger partial charge in [0, 0.05) is 0 Å². The second kappa shape index (κ2) is 6.80. The van der Waals surface area contributed by atoms with Crippen LogP contribution in [0.2, 0.25) is 0 Å². The van der Waals surface area contributed by atoms with Crippen LogP contribution in [0, 0.1) is 11.6 Å². The molecular weight excluding hydrogens is 397 g/mol. The molecular formula is C16H10F5NO4S. The number of hydrogen-bond donors (Lipinski definition) is 0. The summed E-state index contributed by atoms with van der Waals surface area (Å²) >= 11 is 0. The topological polar surface area (TPSA) is 65.0 Å². The molecule has 0 fully saturated rings. The lowest BCUT2D eigenvalue weighted by Crippen LogP contribution is -2.28. The molecule has 1 heterocycles. The Morgan fingerprint density at radius 2 is 1.63 bits per heavy atom. The molecule has 0 aromatic heterocycles. The molecule has 0 saturated heterocycles. The van der Waals surface area contributed by atoms with E-state index in [2.05, 4.69) is 9.18 Å². The van der Waals surface area contributed by atoms with Gasteiger partial charge in [-0.25, -0.2) is 13.8 Å². The van der Waals surface area contributed by atoms with Crippen molar-refractivity contribution in [2.75, 3.05) is 6.61 Å². The molecule has 0 radical (unpaired) electrons. The van der Waals surface area contributed by atoms with Gasteiger partial charge in [-0.15, -0.1) is 0 Å². The predicted octanol–water partition coefficient (Wildman–Crippen LogP) is 3.71. The van der Waals surface area contributed by atoms with Crippen molar-refractivity contribution in [2.45, 2.75) is 11.6 Å². The molecule has 0 saturated carbocycles. The van der Waals surface area contributed by atoms with E-state index in [-0.39, 0.29) is 12.5 Å². The minimum atomic E-state index is -5.77. The van der Waals surface area contributed by atoms with Gasteiger partial charge in [-0.3, -0.25) is 0 Å². The van der Waals surface area contributed by atoms with Crippen LogP contribution < -0.4 is 4.18 Å². The average Bonchev–Trinajstić information content (AvgIpc) is 3.03. The molecule has 0 bridgehead atoms. The lowest BCUT2D eigenvalue weighted by molar-refractivity contribution is -0.0500. The smallest absolute Gasteiger partial charge is 0.475 e. The number of nitrogens with zero attached hydrogens (tertiary/aromatic N) is 1. The van der Waals surface area contributed by atoms with Crippen molar-refractivity contribution in [3.63, 3.8) is 0 Å². The number of alkyl halides is 3. The van der Waals surface area contributed by atoms with E-state index in [9.17, 15) is 30.4 Å². The summed E-state index contributed by atoms with van der Waals surface area (Å²) in [5.74, 6) is -2.49. The van der Waals surface area contributed by atoms with Crippen LogP contribution >= 0.6 is 0 Å². The van der Waals surface area contributed by atoms with Crippen molar-refractivity contribution in [3.8, 4) is 5.75 Å². The number of ether oxygens (including phenoxy) is 1. The summed E-state index contributed by atoms with van der Waals surface area (Å²) in [5, 5.41) is 0. The van der Waals surface area contributed by atoms with Crippen LogP contribution in [-0.4, -0.2) is 26.4 Å². The number of benzene rings is 2. The molecule has 2 aromatic carbocycles. The fourth-order valence-corrected chi connectivity index (χ4v) is 2.76. The van der Waals surface area contributed by atoms with Crippen LogP contribution in [-0.2, 0) is 14.9 Å². The SMILES string of the molecule is O=S(=O)(Oc1ccc(C2COC(c3c(F)cccc3F)=N2)cc1)C(F)(F)F. The van der Waals surface area contributed by atoms with Gasteiger partial charge in [-0.1, -0.05) is 18.2 Å². The van der Waals surface area contributed by atoms with Crippen LogP contribution in [0.15, 0.2) is 47.5 Å². The highest BCUT2D eigenvalue weighted by molar-refractivity contribution is 7.88. The fraction of sp³-hybridized carbons (Fsp3) is 0.188. The summed E-state index contributed by atoms with van der Waals surface area (Å²) in [6, 6.07) is 7.18. The molecule has 5 nitrogen and oxygen atoms in total. The zero-order valence-corrected chi connectivity index (χ0v) is 14.0. The second-order valence-corrected chi connectivity index (χ2v) is 6.95. The Morgan fingerprint density at radius 3 is 2.19 bits per heavy atom. The Labute approximate surface area is 150 Å². The molecule has 2 aromatic rings. The Bertz CT molecular complexity index is 967. The Hall–Kier alpha value is -2.69. The van der Waals surface area contributed by atoms with E-state index in [0.717, 1.165) is 24.3 Å². The van der Waals surface area contributed by atoms with Crippen molar-refractivity contribution in [3.05, 3.63) is 65.2 Å². The lowest BCUT2D eigenvalue weighted by atomic mass is 10.1. The van der Waals surface area contributed by atoms with E-state index in [1.807, 2.05) is 0 Å². The molecule has 3 rings (SSSR count). The van der Waals surface area contributed by atoms with E-state index >= 15 is 0 Å². The highest BCUT2D eigenvalue weighted by atomic mass is 32.2. The largest absolute Gasteiger partial charge is 0.534 e. The number of rotatable bonds is 4. The van der Waals surface area contributed by atoms with E-state index in [1.165, 1.54) is 18.2 Å². The summed E-state index contributed by atoms with van der Waals surface area (Å²) in [5.41, 5.74) is -5.54. The monoisotopic (exact) mass is 407 g/mol. The highest BCUT2D eigenvalue weighted by Gasteiger charge is 2.48. The molecule has 1 atom stereocenters. The van der Waals surface area contributed by atoms with Gasteiger partial charge in [0.05, 0.1) is 0 Å². The first-order chi connectivity index (χ1) is 12.6. The van der Waals surface area contributed by atoms with Gasteiger partial charge in [-0.2, -0.15) is 21.6 Å². The van der Waals surface area contributed by atoms with Crippen LogP contribution in [0.4, 0.5) is 22.0 Å². The maximum Gasteiger partial charge on any atom is 0.534 e. The van der Waals surface area contributed by atoms with Gasteiger partial charge in [0.2, 0.25) is 5.90 Å². The van der Waals surface area contributed by atoms with Gasteiger partial charge in [0.25, 0.3) is 0 Å². The predicted molar refractivity (Wildman–Crippen MR) is 83.6 cm³/mol. The first kappa shape index (κ1) is 19.1. The third-order valence-electron chi connectivity index (χ3n) is 3.58. The maximum atomic E-state index is 13.8. The second-order valence-electron chi connectivity index (χ2n) is 5.41. The molecule has 11 heteroatoms. The summed E-state index contributed by atoms with van der Waals surface area (Å²) in [6.07, 6.45) is 0. The van der Waals surface area contributed by atoms with E-state index in [0.29, 0.717) is 5.56 Å². The van der Waals surface area contributed by atoms with Crippen molar-refractivity contribution in [1.29, 1.82) is 0 Å². The normalized spacial score (nSPS) is 17.4. The first-order valence-corrected chi connectivity index (χ1v) is 8.75. The van der Waals surface area contributed by atoms with Crippen LogP contribution in [0.1, 0.15) is 17.2 Å². The summed E-state index contributed by atoms with van der Waals surface area (Å²) in [6.45, 7) is -0.0514. The fourth-order valence-electron chi connectivity index (χ4n) is 2.30. The average molecular weight is 407 g/mol. The van der Waals surface area contributed by atoms with Crippen molar-refractivity contribution in [2.24, 2.45) is 4.99 Å². The summed E-state index contributed by atoms with van der Waals surface area (Å²) < 4.78 is 95.6. The van der Waals surface area contributed by atoms with Crippen LogP contribution in [0.25, 0.3) is 0 Å². The Morgan fingerprint density at radius 1 is 1.04 bits per heavy atom. The molecule has 27 heavy (non-hydrogen) atoms. The van der Waals surface area contributed by atoms with Crippen molar-refractivity contribution >= 4 is 16.0 Å². The molecule has 1 unspecified atom stereocenters. The van der Waals surface area contributed by atoms with Gasteiger partial charge in [-0.05, 0) is 29.8 Å². The third kappa shape index (κ3) is 3.87. The molecule has 0 N–H and O–H groups in total. The van der Waals surface area contributed by atoms with Gasteiger partial charge in [0.1, 0.15) is 35.6 Å². The molecule has 0 aliphatic carbocycles. The van der Waals surface area contributed by atoms with E-state index in [1.54, 1.807) is 0 Å². The third-order valence-corrected chi connectivity index (χ3v) is 4.56. The minimum Gasteiger partial charge on any atom is -0.475 e. The summed E-state index contributed by atoms with van der Waals surface area (Å²) in [4.78, 5) is 4.07. The standard InChI is InChI=1S/C16H10F5NO4S/c17-11-2-1-3-12(18)14(11)15-22-13(8-25-15)9-4-6-10(7-5-9)26-27(23,24)16(19,20)21/h1-7,13H,8H2. The summed E-state index contributed by atoms with van der Waals surface area (Å²) in [7, 11) is -5.77. The number of halogens is 5. The highest BCUT2D eigenvalue weighted by Crippen LogP contribution is 2.30. The van der Waals surface area contributed by atoms with Gasteiger partial charge < -0.3 is 8.92 Å². The Kier molecular flexibility index (Phi) is 4.81. The maximum absolute atomic E-state index is 13.8. The van der Waals surface area contributed by atoms with Crippen LogP contribution in [0.3, 0.4) is 0 Å². The first-order valence-electron chi connectivity index (χ1n) is 7.34. The van der Waals surface area contributed by atoms with Crippen molar-refractivity contribution in [1.82, 2.24) is 0 Å². The lowest BCUT2D eigenvalue weighted by Gasteiger charge is -2.10. The number of aliphatic imine (C=N–C) groups is 1. The van der Waals surface area contributed by atoms with Gasteiger partial charge >= 0.3 is 15.6 Å². The molecule has 0 spiro atoms. The van der Waals surface area contributed by atoms with Gasteiger partial charge in [0.15, 0.2) is 0 Å². The Balaban J connectivity index is 1.80. The van der Waals surface area contributed by atoms with Crippen LogP contribution in [0.5, 0.6) is 5.75 Å². The number of hydrogen-bond acceptors (Lipinski definition) is 5. The van der Waals surface area contributed by atoms with E-state index in [4.69, 9.17) is 4.74 Å². The molecule has 144 valence electrons. The van der Waals surface area contributed by atoms with Crippen molar-refractivity contribution < 1.29 is 39.3 Å². The molecule has 0 amide bonds. The zero-order valence-electron chi connectivity index (χ0n) is 13.2. The minimum absolute atomic E-state index is 0.0514. The quantitative estimate of drug-likeness (QED) is 0.440.